The van der Waals surface area contributed by atoms with Gasteiger partial charge < -0.3 is 4.74 Å². The van der Waals surface area contributed by atoms with Crippen LogP contribution in [-0.2, 0) is 15.6 Å². The lowest BCUT2D eigenvalue weighted by Crippen LogP contribution is -2.34. The van der Waals surface area contributed by atoms with Crippen molar-refractivity contribution >= 4 is 29.0 Å². The van der Waals surface area contributed by atoms with Crippen LogP contribution in [0.15, 0.2) is 23.1 Å². The summed E-state index contributed by atoms with van der Waals surface area (Å²) in [4.78, 5) is 23.5. The quantitative estimate of drug-likeness (QED) is 0.403. The van der Waals surface area contributed by atoms with E-state index in [4.69, 9.17) is 4.74 Å². The van der Waals surface area contributed by atoms with Crippen molar-refractivity contribution < 1.29 is 23.1 Å². The number of hydrogen-bond acceptors (Lipinski definition) is 4. The van der Waals surface area contributed by atoms with Gasteiger partial charge in [0.1, 0.15) is 0 Å². The van der Waals surface area contributed by atoms with E-state index >= 15 is 4.39 Å². The highest BCUT2D eigenvalue weighted by molar-refractivity contribution is 8.18. The topological polar surface area (TPSA) is 55.4 Å². The fourth-order valence-corrected chi connectivity index (χ4v) is 5.38. The molecule has 0 saturated carbocycles. The van der Waals surface area contributed by atoms with Gasteiger partial charge in [-0.05, 0) is 82.8 Å². The lowest BCUT2D eigenvalue weighted by Gasteiger charge is -2.42. The predicted octanol–water partition coefficient (Wildman–Crippen LogP) is 8.67. The van der Waals surface area contributed by atoms with E-state index in [2.05, 4.69) is 45.1 Å². The van der Waals surface area contributed by atoms with Crippen molar-refractivity contribution in [3.05, 3.63) is 57.0 Å². The third-order valence-corrected chi connectivity index (χ3v) is 7.62. The Kier molecular flexibility index (Phi) is 9.75. The molecule has 0 bridgehead atoms. The van der Waals surface area contributed by atoms with Crippen LogP contribution in [-0.4, -0.2) is 18.3 Å². The minimum Gasteiger partial charge on any atom is -0.493 e. The second kappa shape index (κ2) is 11.8. The molecule has 4 rings (SSSR count). The van der Waals surface area contributed by atoms with Crippen molar-refractivity contribution in [2.45, 2.75) is 86.0 Å². The SMILES string of the molecule is CC.CC.COc1c(-c2cc3c(cc2C)C(C)(C)CCC3(C)C)cc(/C=C2\SC(=O)NC2=O)c(F)c1F. The Bertz CT molecular complexity index is 1230. The number of hydrogen-bond donors (Lipinski definition) is 1. The summed E-state index contributed by atoms with van der Waals surface area (Å²) in [5.41, 5.74) is 4.35. The van der Waals surface area contributed by atoms with E-state index in [1.807, 2.05) is 34.6 Å². The highest BCUT2D eigenvalue weighted by Gasteiger charge is 2.38. The fraction of sp³-hybridized carbons (Fsp3) is 0.467. The molecule has 1 fully saturated rings. The van der Waals surface area contributed by atoms with Gasteiger partial charge in [-0.1, -0.05) is 61.5 Å². The molecule has 7 heteroatoms. The summed E-state index contributed by atoms with van der Waals surface area (Å²) < 4.78 is 35.3. The van der Waals surface area contributed by atoms with Gasteiger partial charge in [-0.3, -0.25) is 14.9 Å². The molecule has 0 spiro atoms. The Balaban J connectivity index is 0.00000115. The van der Waals surface area contributed by atoms with Crippen LogP contribution in [0.2, 0.25) is 0 Å². The minimum atomic E-state index is -1.13. The van der Waals surface area contributed by atoms with Crippen LogP contribution >= 0.6 is 11.8 Å². The number of halogens is 2. The number of amides is 2. The molecule has 1 aliphatic heterocycles. The number of fused-ring (bicyclic) bond motifs is 1. The third kappa shape index (κ3) is 5.92. The first kappa shape index (κ1) is 30.6. The first-order valence-electron chi connectivity index (χ1n) is 12.8. The van der Waals surface area contributed by atoms with Gasteiger partial charge in [0.05, 0.1) is 12.0 Å². The van der Waals surface area contributed by atoms with E-state index in [1.165, 1.54) is 30.4 Å². The van der Waals surface area contributed by atoms with Gasteiger partial charge in [-0.2, -0.15) is 4.39 Å². The zero-order chi connectivity index (χ0) is 28.3. The number of rotatable bonds is 3. The van der Waals surface area contributed by atoms with Crippen molar-refractivity contribution in [1.29, 1.82) is 0 Å². The summed E-state index contributed by atoms with van der Waals surface area (Å²) in [7, 11) is 1.30. The maximum atomic E-state index is 15.1. The zero-order valence-corrected chi connectivity index (χ0v) is 24.4. The van der Waals surface area contributed by atoms with Crippen LogP contribution in [0.25, 0.3) is 17.2 Å². The van der Waals surface area contributed by atoms with Gasteiger partial charge in [0, 0.05) is 11.1 Å². The Morgan fingerprint density at radius 2 is 1.43 bits per heavy atom. The normalized spacial score (nSPS) is 18.2. The molecule has 0 atom stereocenters. The molecule has 0 aromatic heterocycles. The second-order valence-corrected chi connectivity index (χ2v) is 11.0. The number of ether oxygens (including phenoxy) is 1. The number of thioether (sulfide) groups is 1. The summed E-state index contributed by atoms with van der Waals surface area (Å²) in [6.07, 6.45) is 3.28. The first-order valence-corrected chi connectivity index (χ1v) is 13.6. The summed E-state index contributed by atoms with van der Waals surface area (Å²) in [6.45, 7) is 18.8. The van der Waals surface area contributed by atoms with E-state index < -0.39 is 22.8 Å². The molecule has 0 radical (unpaired) electrons. The van der Waals surface area contributed by atoms with Crippen molar-refractivity contribution in [1.82, 2.24) is 5.32 Å². The van der Waals surface area contributed by atoms with Crippen molar-refractivity contribution in [3.63, 3.8) is 0 Å². The number of nitrogens with one attached hydrogen (secondary N) is 1. The second-order valence-electron chi connectivity index (χ2n) is 10.0. The van der Waals surface area contributed by atoms with Crippen molar-refractivity contribution in [2.75, 3.05) is 7.11 Å². The highest BCUT2D eigenvalue weighted by atomic mass is 32.2. The summed E-state index contributed by atoms with van der Waals surface area (Å²) in [5.74, 6) is -3.08. The number of carbonyl (C=O) groups is 2. The highest BCUT2D eigenvalue weighted by Crippen LogP contribution is 2.49. The van der Waals surface area contributed by atoms with Gasteiger partial charge in [0.2, 0.25) is 5.82 Å². The molecular formula is C30H39F2NO3S. The maximum absolute atomic E-state index is 15.1. The smallest absolute Gasteiger partial charge is 0.290 e. The van der Waals surface area contributed by atoms with Gasteiger partial charge >= 0.3 is 0 Å². The molecule has 1 heterocycles. The van der Waals surface area contributed by atoms with Gasteiger partial charge in [0.25, 0.3) is 11.1 Å². The molecule has 2 amide bonds. The molecule has 1 N–H and O–H groups in total. The van der Waals surface area contributed by atoms with E-state index in [0.717, 1.165) is 24.0 Å². The zero-order valence-electron chi connectivity index (χ0n) is 23.6. The van der Waals surface area contributed by atoms with E-state index in [0.29, 0.717) is 17.3 Å². The Morgan fingerprint density at radius 3 is 1.92 bits per heavy atom. The summed E-state index contributed by atoms with van der Waals surface area (Å²) in [6, 6.07) is 5.69. The number of benzene rings is 2. The van der Waals surface area contributed by atoms with Crippen LogP contribution in [0, 0.1) is 18.6 Å². The molecule has 0 unspecified atom stereocenters. The van der Waals surface area contributed by atoms with E-state index in [-0.39, 0.29) is 27.0 Å². The van der Waals surface area contributed by atoms with Gasteiger partial charge in [-0.25, -0.2) is 4.39 Å². The van der Waals surface area contributed by atoms with Crippen LogP contribution in [0.4, 0.5) is 13.6 Å². The number of aryl methyl sites for hydroxylation is 1. The monoisotopic (exact) mass is 531 g/mol. The standard InChI is InChI=1S/C26H27F2NO3S.2C2H6/c1-13-9-17-18(26(4,5)8-7-25(17,2)3)12-15(13)16-10-14(20(27)21(28)22(16)32-6)11-19-23(30)29-24(31)33-19;2*1-2/h9-12H,7-8H2,1-6H3,(H,29,30,31);2*1-2H3/b19-11-;;. The number of carbonyl (C=O) groups excluding carboxylic acids is 2. The molecule has 37 heavy (non-hydrogen) atoms. The third-order valence-electron chi connectivity index (χ3n) is 6.81. The first-order chi connectivity index (χ1) is 17.4. The summed E-state index contributed by atoms with van der Waals surface area (Å²) in [5, 5.41) is 1.58. The Hall–Kier alpha value is -2.67. The molecule has 2 aromatic rings. The minimum absolute atomic E-state index is 0.0134. The number of methoxy groups -OCH3 is 1. The van der Waals surface area contributed by atoms with Crippen LogP contribution in [0.5, 0.6) is 5.75 Å². The Labute approximate surface area is 224 Å². The van der Waals surface area contributed by atoms with E-state index in [1.54, 1.807) is 0 Å². The molecule has 1 saturated heterocycles. The molecule has 2 aromatic carbocycles. The van der Waals surface area contributed by atoms with Crippen molar-refractivity contribution in [3.8, 4) is 16.9 Å². The van der Waals surface area contributed by atoms with Crippen molar-refractivity contribution in [2.24, 2.45) is 0 Å². The molecular weight excluding hydrogens is 492 g/mol. The summed E-state index contributed by atoms with van der Waals surface area (Å²) >= 11 is 0.657. The molecule has 2 aliphatic rings. The van der Waals surface area contributed by atoms with Gasteiger partial charge in [0.15, 0.2) is 11.6 Å². The molecule has 4 nitrogen and oxygen atoms in total. The predicted molar refractivity (Wildman–Crippen MR) is 150 cm³/mol. The fourth-order valence-electron chi connectivity index (χ4n) is 4.71. The lowest BCUT2D eigenvalue weighted by atomic mass is 9.62. The van der Waals surface area contributed by atoms with Crippen LogP contribution < -0.4 is 10.1 Å². The lowest BCUT2D eigenvalue weighted by molar-refractivity contribution is -0.115. The number of imide groups is 1. The van der Waals surface area contributed by atoms with Gasteiger partial charge in [-0.15, -0.1) is 0 Å². The Morgan fingerprint density at radius 1 is 0.892 bits per heavy atom. The van der Waals surface area contributed by atoms with E-state index in [9.17, 15) is 14.0 Å². The van der Waals surface area contributed by atoms with Crippen LogP contribution in [0.3, 0.4) is 0 Å². The average molecular weight is 532 g/mol. The molecule has 1 aliphatic carbocycles. The average Bonchev–Trinajstić information content (AvgIpc) is 3.18. The molecule has 202 valence electrons. The maximum Gasteiger partial charge on any atom is 0.290 e. The largest absolute Gasteiger partial charge is 0.493 e. The van der Waals surface area contributed by atoms with Crippen LogP contribution in [0.1, 0.15) is 90.5 Å².